The Morgan fingerprint density at radius 2 is 0.867 bits per heavy atom. The van der Waals surface area contributed by atoms with Crippen LogP contribution in [0.4, 0.5) is 0 Å². The van der Waals surface area contributed by atoms with Crippen LogP contribution in [0.2, 0.25) is 0 Å². The number of aromatic nitrogens is 3. The van der Waals surface area contributed by atoms with E-state index in [0.29, 0.717) is 17.5 Å². The first kappa shape index (κ1) is 34.7. The highest BCUT2D eigenvalue weighted by Crippen LogP contribution is 2.53. The Balaban J connectivity index is 1.13. The molecule has 1 aliphatic rings. The summed E-state index contributed by atoms with van der Waals surface area (Å²) in [6.07, 6.45) is 0. The lowest BCUT2D eigenvalue weighted by molar-refractivity contribution is 0.662. The van der Waals surface area contributed by atoms with E-state index in [4.69, 9.17) is 15.0 Å². The fraction of sp³-hybridized carbons (Fsp3) is 0.0536. The molecular formula is C56H37N3S. The van der Waals surface area contributed by atoms with Crippen LogP contribution in [-0.4, -0.2) is 15.0 Å². The second-order valence-corrected chi connectivity index (χ2v) is 17.5. The van der Waals surface area contributed by atoms with Crippen LogP contribution in [0, 0.1) is 0 Å². The summed E-state index contributed by atoms with van der Waals surface area (Å²) in [6, 6.07) is 67.9. The summed E-state index contributed by atoms with van der Waals surface area (Å²) in [4.78, 5) is 15.9. The third kappa shape index (κ3) is 5.52. The van der Waals surface area contributed by atoms with E-state index in [0.717, 1.165) is 38.6 Å². The molecule has 2 heterocycles. The van der Waals surface area contributed by atoms with Gasteiger partial charge in [-0.05, 0) is 102 Å². The van der Waals surface area contributed by atoms with Gasteiger partial charge in [0.05, 0.1) is 0 Å². The predicted molar refractivity (Wildman–Crippen MR) is 252 cm³/mol. The number of fused-ring (bicyclic) bond motifs is 8. The van der Waals surface area contributed by atoms with Gasteiger partial charge in [0.2, 0.25) is 0 Å². The number of hydrogen-bond donors (Lipinski definition) is 0. The van der Waals surface area contributed by atoms with Gasteiger partial charge in [0, 0.05) is 42.3 Å². The van der Waals surface area contributed by atoms with E-state index in [9.17, 15) is 0 Å². The van der Waals surface area contributed by atoms with Crippen molar-refractivity contribution in [1.29, 1.82) is 0 Å². The van der Waals surface area contributed by atoms with Gasteiger partial charge in [-0.2, -0.15) is 0 Å². The lowest BCUT2D eigenvalue weighted by Crippen LogP contribution is -2.16. The maximum absolute atomic E-state index is 5.35. The Hall–Kier alpha value is -7.27. The Morgan fingerprint density at radius 1 is 0.367 bits per heavy atom. The normalized spacial score (nSPS) is 13.0. The monoisotopic (exact) mass is 783 g/mol. The highest BCUT2D eigenvalue weighted by Gasteiger charge is 2.37. The molecule has 60 heavy (non-hydrogen) atoms. The van der Waals surface area contributed by atoms with Crippen LogP contribution in [0.25, 0.3) is 109 Å². The minimum Gasteiger partial charge on any atom is -0.208 e. The molecule has 0 atom stereocenters. The van der Waals surface area contributed by atoms with E-state index >= 15 is 0 Å². The van der Waals surface area contributed by atoms with Gasteiger partial charge < -0.3 is 0 Å². The van der Waals surface area contributed by atoms with E-state index in [1.165, 1.54) is 64.3 Å². The highest BCUT2D eigenvalue weighted by atomic mass is 32.1. The molecule has 0 saturated heterocycles. The topological polar surface area (TPSA) is 38.7 Å². The predicted octanol–water partition coefficient (Wildman–Crippen LogP) is 15.2. The molecule has 0 aliphatic heterocycles. The zero-order valence-electron chi connectivity index (χ0n) is 33.1. The third-order valence-corrected chi connectivity index (χ3v) is 13.7. The molecule has 0 bridgehead atoms. The molecule has 0 radical (unpaired) electrons. The molecule has 0 spiro atoms. The maximum Gasteiger partial charge on any atom is 0.164 e. The van der Waals surface area contributed by atoms with Crippen molar-refractivity contribution in [1.82, 2.24) is 15.0 Å². The Bertz CT molecular complexity index is 3440. The number of rotatable bonds is 5. The molecule has 1 aliphatic carbocycles. The van der Waals surface area contributed by atoms with E-state index in [1.54, 1.807) is 0 Å². The summed E-state index contributed by atoms with van der Waals surface area (Å²) in [6.45, 7) is 4.73. The summed E-state index contributed by atoms with van der Waals surface area (Å²) >= 11 is 1.86. The molecule has 2 aromatic heterocycles. The fourth-order valence-electron chi connectivity index (χ4n) is 9.55. The van der Waals surface area contributed by atoms with Crippen LogP contribution in [-0.2, 0) is 5.41 Å². The lowest BCUT2D eigenvalue weighted by atomic mass is 9.78. The Labute approximate surface area is 352 Å². The highest BCUT2D eigenvalue weighted by molar-refractivity contribution is 7.26. The summed E-state index contributed by atoms with van der Waals surface area (Å²) in [5, 5.41) is 7.21. The number of benzene rings is 9. The molecule has 0 saturated carbocycles. The molecule has 0 unspecified atom stereocenters. The quantitative estimate of drug-likeness (QED) is 0.174. The van der Waals surface area contributed by atoms with Crippen molar-refractivity contribution in [3.63, 3.8) is 0 Å². The van der Waals surface area contributed by atoms with Gasteiger partial charge in [-0.1, -0.05) is 166 Å². The minimum absolute atomic E-state index is 0.191. The second kappa shape index (κ2) is 13.4. The Kier molecular flexibility index (Phi) is 7.75. The average Bonchev–Trinajstić information content (AvgIpc) is 3.80. The number of hydrogen-bond acceptors (Lipinski definition) is 4. The van der Waals surface area contributed by atoms with Crippen molar-refractivity contribution >= 4 is 53.1 Å². The first-order valence-electron chi connectivity index (χ1n) is 20.5. The molecule has 12 rings (SSSR count). The summed E-state index contributed by atoms with van der Waals surface area (Å²) in [7, 11) is 0. The van der Waals surface area contributed by atoms with Crippen LogP contribution < -0.4 is 0 Å². The Morgan fingerprint density at radius 3 is 1.58 bits per heavy atom. The molecular weight excluding hydrogens is 747 g/mol. The SMILES string of the molecule is CC1(C)c2ccccc2-c2cccc(-c3cc(-c4nc(-c5ccc6ccccc6c5)nc(-c5ccc6ccccc6c5)n4)cc(-c4cccc5c4sc4ccccc45)c3)c21. The van der Waals surface area contributed by atoms with E-state index in [1.807, 2.05) is 11.3 Å². The van der Waals surface area contributed by atoms with Gasteiger partial charge in [-0.3, -0.25) is 0 Å². The molecule has 3 nitrogen and oxygen atoms in total. The zero-order valence-corrected chi connectivity index (χ0v) is 34.0. The largest absolute Gasteiger partial charge is 0.208 e. The zero-order chi connectivity index (χ0) is 40.0. The van der Waals surface area contributed by atoms with Crippen molar-refractivity contribution in [2.45, 2.75) is 19.3 Å². The van der Waals surface area contributed by atoms with Gasteiger partial charge in [0.15, 0.2) is 17.5 Å². The number of nitrogens with zero attached hydrogens (tertiary/aromatic N) is 3. The molecule has 0 fully saturated rings. The van der Waals surface area contributed by atoms with Crippen molar-refractivity contribution in [2.75, 3.05) is 0 Å². The van der Waals surface area contributed by atoms with E-state index in [2.05, 4.69) is 202 Å². The van der Waals surface area contributed by atoms with Gasteiger partial charge in [-0.15, -0.1) is 11.3 Å². The van der Waals surface area contributed by atoms with Crippen LogP contribution in [0.3, 0.4) is 0 Å². The smallest absolute Gasteiger partial charge is 0.164 e. The lowest BCUT2D eigenvalue weighted by Gasteiger charge is -2.25. The summed E-state index contributed by atoms with van der Waals surface area (Å²) < 4.78 is 2.56. The van der Waals surface area contributed by atoms with Crippen LogP contribution in [0.15, 0.2) is 188 Å². The van der Waals surface area contributed by atoms with Crippen LogP contribution >= 0.6 is 11.3 Å². The summed E-state index contributed by atoms with van der Waals surface area (Å²) in [5.74, 6) is 1.92. The van der Waals surface area contributed by atoms with Crippen molar-refractivity contribution in [2.24, 2.45) is 0 Å². The standard InChI is InChI=1S/C56H37N3S/c1-56(2)49-23-9-7-17-45(49)47-21-11-19-43(51(47)56)40-31-41(44-20-12-22-48-46-18-8-10-24-50(46)60-52(44)48)33-42(32-40)55-58-53(38-27-25-34-13-3-5-15-36(34)29-38)57-54(59-55)39-28-26-35-14-4-6-16-37(35)30-39/h3-33H,1-2H3. The van der Waals surface area contributed by atoms with Gasteiger partial charge in [-0.25, -0.2) is 15.0 Å². The van der Waals surface area contributed by atoms with E-state index in [-0.39, 0.29) is 5.41 Å². The van der Waals surface area contributed by atoms with Crippen LogP contribution in [0.1, 0.15) is 25.0 Å². The molecule has 0 N–H and O–H groups in total. The van der Waals surface area contributed by atoms with Crippen molar-refractivity contribution in [3.8, 4) is 67.5 Å². The van der Waals surface area contributed by atoms with Crippen LogP contribution in [0.5, 0.6) is 0 Å². The van der Waals surface area contributed by atoms with Crippen molar-refractivity contribution < 1.29 is 0 Å². The first-order chi connectivity index (χ1) is 29.5. The molecule has 282 valence electrons. The summed E-state index contributed by atoms with van der Waals surface area (Å²) in [5.41, 5.74) is 12.6. The molecule has 0 amide bonds. The first-order valence-corrected chi connectivity index (χ1v) is 21.3. The van der Waals surface area contributed by atoms with Gasteiger partial charge in [0.25, 0.3) is 0 Å². The average molecular weight is 784 g/mol. The molecule has 11 aromatic rings. The van der Waals surface area contributed by atoms with Crippen molar-refractivity contribution in [3.05, 3.63) is 199 Å². The fourth-order valence-corrected chi connectivity index (χ4v) is 10.8. The van der Waals surface area contributed by atoms with E-state index < -0.39 is 0 Å². The van der Waals surface area contributed by atoms with Gasteiger partial charge >= 0.3 is 0 Å². The minimum atomic E-state index is -0.191. The number of thiophene rings is 1. The molecule has 9 aromatic carbocycles. The third-order valence-electron chi connectivity index (χ3n) is 12.4. The van der Waals surface area contributed by atoms with Gasteiger partial charge in [0.1, 0.15) is 0 Å². The molecule has 4 heteroatoms. The second-order valence-electron chi connectivity index (χ2n) is 16.4. The maximum atomic E-state index is 5.35.